The number of ketones is 1. The van der Waals surface area contributed by atoms with Crippen molar-refractivity contribution in [3.8, 4) is 0 Å². The fourth-order valence-electron chi connectivity index (χ4n) is 2.82. The summed E-state index contributed by atoms with van der Waals surface area (Å²) in [4.78, 5) is 12.8. The minimum absolute atomic E-state index is 0.171. The number of carbonyl (C=O) groups excluding carboxylic acids is 1. The van der Waals surface area contributed by atoms with Crippen molar-refractivity contribution in [2.24, 2.45) is 0 Å². The predicted octanol–water partition coefficient (Wildman–Crippen LogP) is 4.83. The van der Waals surface area contributed by atoms with Gasteiger partial charge < -0.3 is 4.57 Å². The van der Waals surface area contributed by atoms with E-state index in [1.807, 2.05) is 6.07 Å². The molecular weight excluding hydrogens is 318 g/mol. The van der Waals surface area contributed by atoms with E-state index in [1.165, 1.54) is 30.2 Å². The lowest BCUT2D eigenvalue weighted by molar-refractivity contribution is 0.102. The second kappa shape index (κ2) is 7.09. The maximum absolute atomic E-state index is 12.8. The zero-order valence-electron chi connectivity index (χ0n) is 14.8. The Morgan fingerprint density at radius 1 is 1.25 bits per heavy atom. The Labute approximate surface area is 148 Å². The summed E-state index contributed by atoms with van der Waals surface area (Å²) in [5.41, 5.74) is 3.28. The predicted molar refractivity (Wildman–Crippen MR) is 98.0 cm³/mol. The molecule has 0 radical (unpaired) electrons. The molecule has 1 heterocycles. The summed E-state index contributed by atoms with van der Waals surface area (Å²) in [6.07, 6.45) is 4.16. The summed E-state index contributed by atoms with van der Waals surface area (Å²) >= 11 is 1.50. The third kappa shape index (κ3) is 3.72. The molecule has 0 N–H and O–H groups in total. The highest BCUT2D eigenvalue weighted by Gasteiger charge is 2.26. The van der Waals surface area contributed by atoms with Crippen LogP contribution in [-0.2, 0) is 0 Å². The lowest BCUT2D eigenvalue weighted by atomic mass is 9.90. The topological polar surface area (TPSA) is 47.8 Å². The molecule has 1 fully saturated rings. The van der Waals surface area contributed by atoms with E-state index >= 15 is 0 Å². The third-order valence-electron chi connectivity index (χ3n) is 4.48. The third-order valence-corrected chi connectivity index (χ3v) is 5.43. The van der Waals surface area contributed by atoms with Crippen molar-refractivity contribution >= 4 is 17.5 Å². The standard InChI is InChI=1S/C19H25N3OS/c1-12(2)14-5-8-16(17(9-14)13(3)4)18(23)10-24-19-21-20-11-22(19)15-6-7-15/h5,8-9,11-13,15H,6-7,10H2,1-4H3. The fraction of sp³-hybridized carbons (Fsp3) is 0.526. The summed E-state index contributed by atoms with van der Waals surface area (Å²) in [5, 5.41) is 9.01. The van der Waals surface area contributed by atoms with Gasteiger partial charge in [-0.1, -0.05) is 57.7 Å². The van der Waals surface area contributed by atoms with Crippen LogP contribution in [0.5, 0.6) is 0 Å². The molecule has 128 valence electrons. The first-order valence-electron chi connectivity index (χ1n) is 8.66. The van der Waals surface area contributed by atoms with Gasteiger partial charge in [0.2, 0.25) is 0 Å². The molecule has 0 unspecified atom stereocenters. The lowest BCUT2D eigenvalue weighted by Crippen LogP contribution is -2.09. The van der Waals surface area contributed by atoms with E-state index in [4.69, 9.17) is 0 Å². The average Bonchev–Trinajstić information content (AvgIpc) is 3.30. The second-order valence-electron chi connectivity index (χ2n) is 7.12. The van der Waals surface area contributed by atoms with Crippen LogP contribution in [0.2, 0.25) is 0 Å². The van der Waals surface area contributed by atoms with Crippen LogP contribution in [0, 0.1) is 0 Å². The highest BCUT2D eigenvalue weighted by molar-refractivity contribution is 7.99. The molecule has 1 aromatic heterocycles. The van der Waals surface area contributed by atoms with Gasteiger partial charge in [-0.2, -0.15) is 0 Å². The Kier molecular flexibility index (Phi) is 5.09. The SMILES string of the molecule is CC(C)c1ccc(C(=O)CSc2nncn2C2CC2)c(C(C)C)c1. The van der Waals surface area contributed by atoms with E-state index in [-0.39, 0.29) is 5.78 Å². The number of aromatic nitrogens is 3. The molecule has 3 rings (SSSR count). The molecule has 1 aromatic carbocycles. The van der Waals surface area contributed by atoms with E-state index in [0.717, 1.165) is 16.3 Å². The van der Waals surface area contributed by atoms with Crippen molar-refractivity contribution < 1.29 is 4.79 Å². The molecule has 2 aromatic rings. The van der Waals surface area contributed by atoms with Gasteiger partial charge >= 0.3 is 0 Å². The van der Waals surface area contributed by atoms with Crippen LogP contribution in [0.25, 0.3) is 0 Å². The van der Waals surface area contributed by atoms with E-state index < -0.39 is 0 Å². The van der Waals surface area contributed by atoms with E-state index in [0.29, 0.717) is 23.6 Å². The Morgan fingerprint density at radius 2 is 2.00 bits per heavy atom. The van der Waals surface area contributed by atoms with E-state index in [2.05, 4.69) is 54.6 Å². The van der Waals surface area contributed by atoms with Gasteiger partial charge in [0.15, 0.2) is 10.9 Å². The molecule has 0 aliphatic heterocycles. The van der Waals surface area contributed by atoms with Gasteiger partial charge in [-0.15, -0.1) is 10.2 Å². The smallest absolute Gasteiger partial charge is 0.191 e. The average molecular weight is 343 g/mol. The first kappa shape index (κ1) is 17.2. The molecule has 0 bridgehead atoms. The number of nitrogens with zero attached hydrogens (tertiary/aromatic N) is 3. The minimum atomic E-state index is 0.171. The van der Waals surface area contributed by atoms with Gasteiger partial charge in [-0.25, -0.2) is 0 Å². The lowest BCUT2D eigenvalue weighted by Gasteiger charge is -2.15. The number of Topliss-reactive ketones (excluding diaryl/α,β-unsaturated/α-hetero) is 1. The second-order valence-corrected chi connectivity index (χ2v) is 8.06. The van der Waals surface area contributed by atoms with Gasteiger partial charge in [0.1, 0.15) is 6.33 Å². The summed E-state index contributed by atoms with van der Waals surface area (Å²) < 4.78 is 2.10. The Hall–Kier alpha value is -1.62. The highest BCUT2D eigenvalue weighted by atomic mass is 32.2. The van der Waals surface area contributed by atoms with Crippen LogP contribution in [0.4, 0.5) is 0 Å². The number of benzene rings is 1. The zero-order valence-corrected chi connectivity index (χ0v) is 15.6. The molecule has 24 heavy (non-hydrogen) atoms. The molecule has 0 amide bonds. The molecule has 1 aliphatic carbocycles. The molecule has 0 saturated heterocycles. The minimum Gasteiger partial charge on any atom is -0.306 e. The molecule has 0 spiro atoms. The quantitative estimate of drug-likeness (QED) is 0.533. The van der Waals surface area contributed by atoms with Crippen LogP contribution in [0.3, 0.4) is 0 Å². The first-order valence-corrected chi connectivity index (χ1v) is 9.65. The van der Waals surface area contributed by atoms with Gasteiger partial charge in [-0.05, 0) is 35.8 Å². The Balaban J connectivity index is 1.75. The van der Waals surface area contributed by atoms with Crippen LogP contribution < -0.4 is 0 Å². The maximum atomic E-state index is 12.8. The summed E-state index contributed by atoms with van der Waals surface area (Å²) in [6, 6.07) is 6.81. The van der Waals surface area contributed by atoms with Gasteiger partial charge in [0.05, 0.1) is 5.75 Å². The fourth-order valence-corrected chi connectivity index (χ4v) is 3.68. The maximum Gasteiger partial charge on any atom is 0.191 e. The largest absolute Gasteiger partial charge is 0.306 e. The van der Waals surface area contributed by atoms with Crippen LogP contribution >= 0.6 is 11.8 Å². The summed E-state index contributed by atoms with van der Waals surface area (Å²) in [6.45, 7) is 8.66. The Bertz CT molecular complexity index is 732. The molecule has 1 aliphatic rings. The van der Waals surface area contributed by atoms with Crippen LogP contribution in [-0.4, -0.2) is 26.3 Å². The normalized spacial score (nSPS) is 14.6. The molecule has 5 heteroatoms. The van der Waals surface area contributed by atoms with Crippen molar-refractivity contribution in [1.29, 1.82) is 0 Å². The van der Waals surface area contributed by atoms with Crippen LogP contribution in [0.15, 0.2) is 29.7 Å². The highest BCUT2D eigenvalue weighted by Crippen LogP contribution is 2.37. The number of hydrogen-bond donors (Lipinski definition) is 0. The van der Waals surface area contributed by atoms with Crippen LogP contribution in [0.1, 0.15) is 79.9 Å². The molecule has 4 nitrogen and oxygen atoms in total. The van der Waals surface area contributed by atoms with Gasteiger partial charge in [0, 0.05) is 11.6 Å². The first-order chi connectivity index (χ1) is 11.5. The number of rotatable bonds is 7. The molecule has 0 atom stereocenters. The zero-order chi connectivity index (χ0) is 17.3. The number of hydrogen-bond acceptors (Lipinski definition) is 4. The van der Waals surface area contributed by atoms with Crippen molar-refractivity contribution in [3.63, 3.8) is 0 Å². The summed E-state index contributed by atoms with van der Waals surface area (Å²) in [7, 11) is 0. The number of thioether (sulfide) groups is 1. The van der Waals surface area contributed by atoms with Gasteiger partial charge in [0.25, 0.3) is 0 Å². The molecular formula is C19H25N3OS. The van der Waals surface area contributed by atoms with E-state index in [1.54, 1.807) is 6.33 Å². The van der Waals surface area contributed by atoms with Crippen molar-refractivity contribution in [1.82, 2.24) is 14.8 Å². The molecule has 1 saturated carbocycles. The number of carbonyl (C=O) groups is 1. The van der Waals surface area contributed by atoms with Gasteiger partial charge in [-0.3, -0.25) is 4.79 Å². The summed E-state index contributed by atoms with van der Waals surface area (Å²) in [5.74, 6) is 1.39. The van der Waals surface area contributed by atoms with E-state index in [9.17, 15) is 4.79 Å². The van der Waals surface area contributed by atoms with Crippen molar-refractivity contribution in [2.45, 2.75) is 63.6 Å². The Morgan fingerprint density at radius 3 is 2.62 bits per heavy atom. The van der Waals surface area contributed by atoms with Crippen molar-refractivity contribution in [3.05, 3.63) is 41.2 Å². The van der Waals surface area contributed by atoms with Crippen molar-refractivity contribution in [2.75, 3.05) is 5.75 Å². The monoisotopic (exact) mass is 343 g/mol.